The van der Waals surface area contributed by atoms with Crippen molar-refractivity contribution >= 4 is 29.7 Å². The molecule has 1 N–H and O–H groups in total. The number of thiophene rings is 1. The van der Waals surface area contributed by atoms with E-state index in [9.17, 15) is 4.79 Å². The molecule has 0 saturated carbocycles. The van der Waals surface area contributed by atoms with Gasteiger partial charge in [0.15, 0.2) is 0 Å². The molecule has 2 rings (SSSR count). The Bertz CT molecular complexity index is 402. The van der Waals surface area contributed by atoms with Crippen molar-refractivity contribution in [1.29, 1.82) is 0 Å². The summed E-state index contributed by atoms with van der Waals surface area (Å²) < 4.78 is 0. The SMILES string of the molecule is CCCN(C(=O)c1cscc1C)C1CCNCC1.Cl. The predicted molar refractivity (Wildman–Crippen MR) is 83.5 cm³/mol. The van der Waals surface area contributed by atoms with Crippen molar-refractivity contribution in [2.75, 3.05) is 19.6 Å². The number of carbonyl (C=O) groups is 1. The first-order valence-electron chi connectivity index (χ1n) is 6.78. The number of rotatable bonds is 4. The van der Waals surface area contributed by atoms with E-state index in [1.54, 1.807) is 11.3 Å². The zero-order valence-electron chi connectivity index (χ0n) is 11.6. The lowest BCUT2D eigenvalue weighted by Crippen LogP contribution is -2.46. The first-order valence-corrected chi connectivity index (χ1v) is 7.72. The van der Waals surface area contributed by atoms with Crippen LogP contribution in [0.3, 0.4) is 0 Å². The largest absolute Gasteiger partial charge is 0.336 e. The molecule has 0 spiro atoms. The molecule has 19 heavy (non-hydrogen) atoms. The van der Waals surface area contributed by atoms with Crippen molar-refractivity contribution in [3.8, 4) is 0 Å². The van der Waals surface area contributed by atoms with Crippen LogP contribution in [0.15, 0.2) is 10.8 Å². The fraction of sp³-hybridized carbons (Fsp3) is 0.643. The van der Waals surface area contributed by atoms with Crippen molar-refractivity contribution in [3.63, 3.8) is 0 Å². The lowest BCUT2D eigenvalue weighted by molar-refractivity contribution is 0.0642. The van der Waals surface area contributed by atoms with Gasteiger partial charge in [-0.1, -0.05) is 6.92 Å². The van der Waals surface area contributed by atoms with E-state index in [1.807, 2.05) is 12.3 Å². The highest BCUT2D eigenvalue weighted by atomic mass is 35.5. The molecule has 0 unspecified atom stereocenters. The lowest BCUT2D eigenvalue weighted by atomic mass is 10.0. The molecule has 0 aliphatic carbocycles. The van der Waals surface area contributed by atoms with Gasteiger partial charge in [-0.05, 0) is 50.2 Å². The molecule has 0 bridgehead atoms. The fourth-order valence-electron chi connectivity index (χ4n) is 2.54. The summed E-state index contributed by atoms with van der Waals surface area (Å²) in [4.78, 5) is 14.7. The van der Waals surface area contributed by atoms with Gasteiger partial charge in [0.1, 0.15) is 0 Å². The molecule has 0 aromatic carbocycles. The molecular formula is C14H23ClN2OS. The molecule has 1 aromatic rings. The van der Waals surface area contributed by atoms with Gasteiger partial charge in [-0.15, -0.1) is 12.4 Å². The smallest absolute Gasteiger partial charge is 0.255 e. The number of carbonyl (C=O) groups excluding carboxylic acids is 1. The zero-order valence-corrected chi connectivity index (χ0v) is 13.3. The molecule has 1 aromatic heterocycles. The van der Waals surface area contributed by atoms with Gasteiger partial charge >= 0.3 is 0 Å². The van der Waals surface area contributed by atoms with Crippen molar-refractivity contribution < 1.29 is 4.79 Å². The van der Waals surface area contributed by atoms with E-state index in [-0.39, 0.29) is 18.3 Å². The standard InChI is InChI=1S/C14H22N2OS.ClH/c1-3-8-16(12-4-6-15-7-5-12)14(17)13-10-18-9-11(13)2;/h9-10,12,15H,3-8H2,1-2H3;1H. The van der Waals surface area contributed by atoms with Crippen LogP contribution < -0.4 is 5.32 Å². The first kappa shape index (κ1) is 16.5. The number of nitrogens with zero attached hydrogens (tertiary/aromatic N) is 1. The third-order valence-corrected chi connectivity index (χ3v) is 4.42. The summed E-state index contributed by atoms with van der Waals surface area (Å²) >= 11 is 1.62. The van der Waals surface area contributed by atoms with Crippen LogP contribution in [0.5, 0.6) is 0 Å². The van der Waals surface area contributed by atoms with Gasteiger partial charge in [0.05, 0.1) is 5.56 Å². The Labute approximate surface area is 125 Å². The Morgan fingerprint density at radius 3 is 2.63 bits per heavy atom. The van der Waals surface area contributed by atoms with Crippen molar-refractivity contribution in [1.82, 2.24) is 10.2 Å². The highest BCUT2D eigenvalue weighted by Gasteiger charge is 2.26. The predicted octanol–water partition coefficient (Wildman–Crippen LogP) is 3.08. The number of hydrogen-bond donors (Lipinski definition) is 1. The average Bonchev–Trinajstić information content (AvgIpc) is 2.82. The van der Waals surface area contributed by atoms with Crippen LogP contribution in [0, 0.1) is 6.92 Å². The molecule has 1 aliphatic rings. The molecule has 1 amide bonds. The summed E-state index contributed by atoms with van der Waals surface area (Å²) in [6.45, 7) is 7.10. The maximum absolute atomic E-state index is 12.6. The van der Waals surface area contributed by atoms with Crippen LogP contribution in [0.1, 0.15) is 42.1 Å². The number of nitrogens with one attached hydrogen (secondary N) is 1. The second-order valence-electron chi connectivity index (χ2n) is 4.95. The number of amides is 1. The summed E-state index contributed by atoms with van der Waals surface area (Å²) in [6.07, 6.45) is 3.18. The van der Waals surface area contributed by atoms with Crippen LogP contribution >= 0.6 is 23.7 Å². The number of piperidine rings is 1. The Balaban J connectivity index is 0.00000180. The van der Waals surface area contributed by atoms with Gasteiger partial charge in [-0.2, -0.15) is 11.3 Å². The average molecular weight is 303 g/mol. The van der Waals surface area contributed by atoms with E-state index in [0.717, 1.165) is 50.0 Å². The maximum Gasteiger partial charge on any atom is 0.255 e. The second kappa shape index (κ2) is 7.88. The van der Waals surface area contributed by atoms with Crippen molar-refractivity contribution in [2.45, 2.75) is 39.2 Å². The van der Waals surface area contributed by atoms with Gasteiger partial charge in [0.2, 0.25) is 0 Å². The minimum Gasteiger partial charge on any atom is -0.336 e. The number of aryl methyl sites for hydroxylation is 1. The number of hydrogen-bond acceptors (Lipinski definition) is 3. The first-order chi connectivity index (χ1) is 8.74. The minimum atomic E-state index is 0. The zero-order chi connectivity index (χ0) is 13.0. The van der Waals surface area contributed by atoms with Crippen LogP contribution in [-0.4, -0.2) is 36.5 Å². The molecule has 3 nitrogen and oxygen atoms in total. The van der Waals surface area contributed by atoms with E-state index >= 15 is 0 Å². The van der Waals surface area contributed by atoms with Crippen molar-refractivity contribution in [2.24, 2.45) is 0 Å². The highest BCUT2D eigenvalue weighted by molar-refractivity contribution is 7.08. The molecule has 1 fully saturated rings. The quantitative estimate of drug-likeness (QED) is 0.927. The highest BCUT2D eigenvalue weighted by Crippen LogP contribution is 2.20. The lowest BCUT2D eigenvalue weighted by Gasteiger charge is -2.34. The maximum atomic E-state index is 12.6. The molecule has 0 atom stereocenters. The molecule has 1 aliphatic heterocycles. The Morgan fingerprint density at radius 2 is 2.11 bits per heavy atom. The van der Waals surface area contributed by atoms with Gasteiger partial charge in [-0.25, -0.2) is 0 Å². The second-order valence-corrected chi connectivity index (χ2v) is 5.69. The molecule has 0 radical (unpaired) electrons. The molecule has 2 heterocycles. The van der Waals surface area contributed by atoms with Gasteiger partial charge in [-0.3, -0.25) is 4.79 Å². The topological polar surface area (TPSA) is 32.3 Å². The van der Waals surface area contributed by atoms with Crippen LogP contribution in [0.2, 0.25) is 0 Å². The van der Waals surface area contributed by atoms with E-state index in [1.165, 1.54) is 0 Å². The van der Waals surface area contributed by atoms with E-state index < -0.39 is 0 Å². The Hall–Kier alpha value is -0.580. The monoisotopic (exact) mass is 302 g/mol. The Morgan fingerprint density at radius 1 is 1.42 bits per heavy atom. The van der Waals surface area contributed by atoms with E-state index in [0.29, 0.717) is 6.04 Å². The van der Waals surface area contributed by atoms with E-state index in [2.05, 4.69) is 22.5 Å². The number of halogens is 1. The normalized spacial score (nSPS) is 15.9. The van der Waals surface area contributed by atoms with Crippen LogP contribution in [-0.2, 0) is 0 Å². The van der Waals surface area contributed by atoms with Gasteiger partial charge < -0.3 is 10.2 Å². The summed E-state index contributed by atoms with van der Waals surface area (Å²) in [6, 6.07) is 0.415. The van der Waals surface area contributed by atoms with Gasteiger partial charge in [0, 0.05) is 18.0 Å². The van der Waals surface area contributed by atoms with Crippen molar-refractivity contribution in [3.05, 3.63) is 21.9 Å². The fourth-order valence-corrected chi connectivity index (χ4v) is 3.37. The third-order valence-electron chi connectivity index (χ3n) is 3.56. The summed E-state index contributed by atoms with van der Waals surface area (Å²) in [5.74, 6) is 0.225. The molecule has 5 heteroatoms. The van der Waals surface area contributed by atoms with E-state index in [4.69, 9.17) is 0 Å². The molecule has 1 saturated heterocycles. The molecule has 108 valence electrons. The minimum absolute atomic E-state index is 0. The van der Waals surface area contributed by atoms with Crippen LogP contribution in [0.25, 0.3) is 0 Å². The summed E-state index contributed by atoms with van der Waals surface area (Å²) in [5, 5.41) is 7.40. The van der Waals surface area contributed by atoms with Gasteiger partial charge in [0.25, 0.3) is 5.91 Å². The van der Waals surface area contributed by atoms with Crippen LogP contribution in [0.4, 0.5) is 0 Å². The summed E-state index contributed by atoms with van der Waals surface area (Å²) in [7, 11) is 0. The summed E-state index contributed by atoms with van der Waals surface area (Å²) in [5.41, 5.74) is 2.01. The third kappa shape index (κ3) is 3.94. The molecular weight excluding hydrogens is 280 g/mol. The Kier molecular flexibility index (Phi) is 6.83.